The van der Waals surface area contributed by atoms with Crippen molar-refractivity contribution in [1.29, 1.82) is 0 Å². The number of nitrogens with zero attached hydrogens (tertiary/aromatic N) is 3. The van der Waals surface area contributed by atoms with E-state index >= 15 is 0 Å². The number of para-hydroxylation sites is 1. The number of aromatic nitrogens is 1. The van der Waals surface area contributed by atoms with Crippen LogP contribution in [0.1, 0.15) is 20.3 Å². The van der Waals surface area contributed by atoms with E-state index in [1.165, 1.54) is 54.7 Å². The summed E-state index contributed by atoms with van der Waals surface area (Å²) in [6.45, 7) is 4.32. The minimum Gasteiger partial charge on any atom is -0.314 e. The van der Waals surface area contributed by atoms with Crippen LogP contribution in [0.15, 0.2) is 267 Å². The highest BCUT2D eigenvalue weighted by atomic mass is 15.2. The van der Waals surface area contributed by atoms with Crippen LogP contribution in [0.25, 0.3) is 87.4 Å². The van der Waals surface area contributed by atoms with Crippen LogP contribution < -0.4 is 9.80 Å². The molecule has 0 aliphatic carbocycles. The van der Waals surface area contributed by atoms with Crippen LogP contribution in [-0.2, 0) is 0 Å². The molecule has 0 aliphatic heterocycles. The standard InChI is InChI=1S/C68H51N3/c1-3-5-27-55(4-2)70(57-38-36-48-21-12-14-24-53(48)42-57)59-40-41-63-64(44-59)66(52-34-32-50(33-35-52)47-19-8-6-9-20-47)68-65(67(63)62-31-18-26-51-23-16-17-30-61(51)62)45-60(46-69-68)71(56-28-10-7-11-29-56)58-39-37-49-22-13-15-25-54(49)43-58/h3,5-46H,4H2,1-2H3. The van der Waals surface area contributed by atoms with Crippen molar-refractivity contribution < 1.29 is 0 Å². The SMILES string of the molecule is CC=CC=C(CC)N(c1ccc2ccccc2c1)c1ccc2c(-c3cccc4ccccc34)c3cc(N(c4ccccc4)c4ccc5ccccc5c4)cnc3c(-c3ccc(-c4ccccc4)cc3)c2c1. The molecule has 338 valence electrons. The molecule has 0 spiro atoms. The van der Waals surface area contributed by atoms with Gasteiger partial charge in [-0.1, -0.05) is 201 Å². The first-order chi connectivity index (χ1) is 35.1. The summed E-state index contributed by atoms with van der Waals surface area (Å²) in [5.74, 6) is 0. The molecule has 0 atom stereocenters. The van der Waals surface area contributed by atoms with Crippen molar-refractivity contribution in [2.75, 3.05) is 9.80 Å². The predicted octanol–water partition coefficient (Wildman–Crippen LogP) is 19.3. The summed E-state index contributed by atoms with van der Waals surface area (Å²) >= 11 is 0. The van der Waals surface area contributed by atoms with E-state index < -0.39 is 0 Å². The van der Waals surface area contributed by atoms with E-state index in [1.54, 1.807) is 0 Å². The first-order valence-electron chi connectivity index (χ1n) is 24.6. The summed E-state index contributed by atoms with van der Waals surface area (Å²) in [7, 11) is 0. The van der Waals surface area contributed by atoms with Gasteiger partial charge in [-0.3, -0.25) is 4.98 Å². The Labute approximate surface area is 415 Å². The van der Waals surface area contributed by atoms with Gasteiger partial charge in [-0.25, -0.2) is 0 Å². The third kappa shape index (κ3) is 8.08. The van der Waals surface area contributed by atoms with Gasteiger partial charge < -0.3 is 9.80 Å². The van der Waals surface area contributed by atoms with E-state index in [1.807, 2.05) is 0 Å². The van der Waals surface area contributed by atoms with Gasteiger partial charge in [0.05, 0.1) is 17.4 Å². The molecule has 0 amide bonds. The monoisotopic (exact) mass is 909 g/mol. The molecule has 0 radical (unpaired) electrons. The molecule has 0 saturated heterocycles. The molecule has 1 heterocycles. The number of allylic oxidation sites excluding steroid dienone is 4. The van der Waals surface area contributed by atoms with Crippen LogP contribution >= 0.6 is 0 Å². The average Bonchev–Trinajstić information content (AvgIpc) is 3.44. The van der Waals surface area contributed by atoms with Gasteiger partial charge in [0.15, 0.2) is 0 Å². The van der Waals surface area contributed by atoms with Gasteiger partial charge in [-0.15, -0.1) is 0 Å². The van der Waals surface area contributed by atoms with Gasteiger partial charge in [0.1, 0.15) is 0 Å². The first-order valence-corrected chi connectivity index (χ1v) is 24.6. The number of benzene rings is 11. The fourth-order valence-corrected chi connectivity index (χ4v) is 10.5. The van der Waals surface area contributed by atoms with Crippen molar-refractivity contribution in [3.05, 3.63) is 267 Å². The highest BCUT2D eigenvalue weighted by Gasteiger charge is 2.24. The number of hydrogen-bond acceptors (Lipinski definition) is 3. The van der Waals surface area contributed by atoms with E-state index in [4.69, 9.17) is 4.98 Å². The summed E-state index contributed by atoms with van der Waals surface area (Å²) in [6.07, 6.45) is 9.42. The molecule has 0 bridgehead atoms. The zero-order valence-corrected chi connectivity index (χ0v) is 39.9. The second-order valence-electron chi connectivity index (χ2n) is 18.1. The van der Waals surface area contributed by atoms with Gasteiger partial charge in [-0.2, -0.15) is 0 Å². The van der Waals surface area contributed by atoms with Crippen molar-refractivity contribution in [2.24, 2.45) is 0 Å². The lowest BCUT2D eigenvalue weighted by Gasteiger charge is -2.29. The minimum absolute atomic E-state index is 0.835. The molecule has 0 unspecified atom stereocenters. The fraction of sp³-hybridized carbons (Fsp3) is 0.0441. The van der Waals surface area contributed by atoms with Crippen molar-refractivity contribution in [1.82, 2.24) is 4.98 Å². The van der Waals surface area contributed by atoms with Gasteiger partial charge in [-0.05, 0) is 145 Å². The molecule has 12 aromatic rings. The largest absolute Gasteiger partial charge is 0.314 e. The molecule has 3 heteroatoms. The van der Waals surface area contributed by atoms with Crippen molar-refractivity contribution in [3.8, 4) is 33.4 Å². The summed E-state index contributed by atoms with van der Waals surface area (Å²) in [4.78, 5) is 10.5. The Kier molecular flexibility index (Phi) is 11.4. The van der Waals surface area contributed by atoms with Crippen molar-refractivity contribution in [3.63, 3.8) is 0 Å². The summed E-state index contributed by atoms with van der Waals surface area (Å²) in [6, 6.07) is 86.1. The van der Waals surface area contributed by atoms with Gasteiger partial charge in [0, 0.05) is 39.4 Å². The fourth-order valence-electron chi connectivity index (χ4n) is 10.5. The maximum atomic E-state index is 5.67. The van der Waals surface area contributed by atoms with E-state index in [-0.39, 0.29) is 0 Å². The lowest BCUT2D eigenvalue weighted by atomic mass is 9.85. The molecule has 3 nitrogen and oxygen atoms in total. The zero-order valence-electron chi connectivity index (χ0n) is 39.9. The lowest BCUT2D eigenvalue weighted by Crippen LogP contribution is -2.16. The van der Waals surface area contributed by atoms with Crippen LogP contribution in [0.3, 0.4) is 0 Å². The summed E-state index contributed by atoms with van der Waals surface area (Å²) in [5, 5.41) is 10.6. The van der Waals surface area contributed by atoms with Crippen molar-refractivity contribution >= 4 is 82.4 Å². The zero-order chi connectivity index (χ0) is 47.7. The Balaban J connectivity index is 1.18. The van der Waals surface area contributed by atoms with Crippen LogP contribution in [0, 0.1) is 0 Å². The molecule has 0 fully saturated rings. The number of fused-ring (bicyclic) bond motifs is 5. The van der Waals surface area contributed by atoms with Gasteiger partial charge >= 0.3 is 0 Å². The average molecular weight is 910 g/mol. The minimum atomic E-state index is 0.835. The maximum absolute atomic E-state index is 5.67. The van der Waals surface area contributed by atoms with Crippen LogP contribution in [-0.4, -0.2) is 4.98 Å². The number of pyridine rings is 1. The van der Waals surface area contributed by atoms with Crippen LogP contribution in [0.5, 0.6) is 0 Å². The number of anilines is 5. The molecular formula is C68H51N3. The van der Waals surface area contributed by atoms with E-state index in [0.29, 0.717) is 0 Å². The Bertz CT molecular complexity index is 3980. The summed E-state index contributed by atoms with van der Waals surface area (Å²) < 4.78 is 0. The van der Waals surface area contributed by atoms with Gasteiger partial charge in [0.2, 0.25) is 0 Å². The highest BCUT2D eigenvalue weighted by Crippen LogP contribution is 2.49. The highest BCUT2D eigenvalue weighted by molar-refractivity contribution is 6.23. The number of hydrogen-bond donors (Lipinski definition) is 0. The van der Waals surface area contributed by atoms with Gasteiger partial charge in [0.25, 0.3) is 0 Å². The first kappa shape index (κ1) is 43.2. The predicted molar refractivity (Wildman–Crippen MR) is 305 cm³/mol. The van der Waals surface area contributed by atoms with Crippen LogP contribution in [0.4, 0.5) is 28.4 Å². The molecular weight excluding hydrogens is 859 g/mol. The Morgan fingerprint density at radius 2 is 0.972 bits per heavy atom. The third-order valence-corrected chi connectivity index (χ3v) is 13.9. The Hall–Kier alpha value is -9.05. The molecule has 11 aromatic carbocycles. The molecule has 0 saturated carbocycles. The van der Waals surface area contributed by atoms with Crippen molar-refractivity contribution in [2.45, 2.75) is 20.3 Å². The molecule has 0 N–H and O–H groups in total. The molecule has 71 heavy (non-hydrogen) atoms. The Morgan fingerprint density at radius 1 is 0.408 bits per heavy atom. The topological polar surface area (TPSA) is 19.4 Å². The smallest absolute Gasteiger partial charge is 0.0794 e. The van der Waals surface area contributed by atoms with E-state index in [2.05, 4.69) is 285 Å². The third-order valence-electron chi connectivity index (χ3n) is 13.9. The molecule has 12 rings (SSSR count). The lowest BCUT2D eigenvalue weighted by molar-refractivity contribution is 1.02. The Morgan fingerprint density at radius 3 is 1.69 bits per heavy atom. The number of rotatable bonds is 11. The molecule has 0 aliphatic rings. The van der Waals surface area contributed by atoms with Crippen LogP contribution in [0.2, 0.25) is 0 Å². The van der Waals surface area contributed by atoms with E-state index in [9.17, 15) is 0 Å². The second kappa shape index (κ2) is 18.8. The normalized spacial score (nSPS) is 11.9. The molecule has 1 aromatic heterocycles. The second-order valence-corrected chi connectivity index (χ2v) is 18.1. The van der Waals surface area contributed by atoms with E-state index in [0.717, 1.165) is 73.2 Å². The maximum Gasteiger partial charge on any atom is 0.0794 e. The summed E-state index contributed by atoms with van der Waals surface area (Å²) in [5.41, 5.74) is 14.3. The quantitative estimate of drug-likeness (QED) is 0.0952.